The zero-order chi connectivity index (χ0) is 20.6. The fraction of sp³-hybridized carbons (Fsp3) is 0.368. The van der Waals surface area contributed by atoms with Crippen LogP contribution in [0.2, 0.25) is 0 Å². The second-order valence-corrected chi connectivity index (χ2v) is 10.1. The Labute approximate surface area is 172 Å². The Morgan fingerprint density at radius 3 is 2.69 bits per heavy atom. The summed E-state index contributed by atoms with van der Waals surface area (Å²) in [5, 5.41) is 14.8. The van der Waals surface area contributed by atoms with Gasteiger partial charge in [0, 0.05) is 29.8 Å². The van der Waals surface area contributed by atoms with E-state index in [0.717, 1.165) is 24.5 Å². The van der Waals surface area contributed by atoms with Crippen molar-refractivity contribution >= 4 is 33.2 Å². The van der Waals surface area contributed by atoms with Gasteiger partial charge >= 0.3 is 0 Å². The number of fused-ring (bicyclic) bond motifs is 1. The predicted molar refractivity (Wildman–Crippen MR) is 109 cm³/mol. The minimum absolute atomic E-state index is 0.0812. The van der Waals surface area contributed by atoms with Gasteiger partial charge in [-0.15, -0.1) is 11.8 Å². The summed E-state index contributed by atoms with van der Waals surface area (Å²) in [6, 6.07) is 8.47. The van der Waals surface area contributed by atoms with Crippen LogP contribution in [0.25, 0.3) is 0 Å². The Balaban J connectivity index is 1.67. The lowest BCUT2D eigenvalue weighted by Gasteiger charge is -2.27. The molecule has 2 aromatic rings. The molecule has 0 radical (unpaired) electrons. The molecular formula is C19H20FN3O4S2. The third-order valence-electron chi connectivity index (χ3n) is 5.22. The maximum atomic E-state index is 14.1. The molecule has 7 nitrogen and oxygen atoms in total. The molecule has 1 fully saturated rings. The standard InChI is InChI=1S/C19H20FN3O4S2/c20-15-5-3-4-14-16(8-11-28-19(14)15)21-17-7-6-13(12-18(17)23(24)25)29(26,27)22-9-1-2-10-22/h3-7,12,16,21H,1-2,8-11H2/t16-/m1/s1. The molecule has 0 spiro atoms. The molecule has 0 unspecified atom stereocenters. The Bertz CT molecular complexity index is 1060. The van der Waals surface area contributed by atoms with Crippen molar-refractivity contribution in [1.29, 1.82) is 0 Å². The van der Waals surface area contributed by atoms with Crippen molar-refractivity contribution in [1.82, 2.24) is 4.31 Å². The molecule has 2 aliphatic heterocycles. The van der Waals surface area contributed by atoms with Crippen molar-refractivity contribution in [3.63, 3.8) is 0 Å². The SMILES string of the molecule is O=[N+]([O-])c1cc(S(=O)(=O)N2CCCC2)ccc1N[C@@H]1CCSc2c(F)cccc21. The number of anilines is 1. The number of sulfonamides is 1. The molecule has 2 aliphatic rings. The van der Waals surface area contributed by atoms with Gasteiger partial charge in [0.25, 0.3) is 5.69 Å². The summed E-state index contributed by atoms with van der Waals surface area (Å²) in [5.41, 5.74) is 0.674. The highest BCUT2D eigenvalue weighted by Gasteiger charge is 2.30. The predicted octanol–water partition coefficient (Wildman–Crippen LogP) is 4.17. The van der Waals surface area contributed by atoms with Gasteiger partial charge in [0.05, 0.1) is 15.9 Å². The molecule has 154 valence electrons. The number of nitro groups is 1. The topological polar surface area (TPSA) is 92.5 Å². The summed E-state index contributed by atoms with van der Waals surface area (Å²) in [4.78, 5) is 11.5. The first kappa shape index (κ1) is 20.1. The normalized spacial score (nSPS) is 19.7. The minimum atomic E-state index is -3.75. The van der Waals surface area contributed by atoms with Crippen LogP contribution in [0.1, 0.15) is 30.9 Å². The second kappa shape index (κ2) is 7.92. The summed E-state index contributed by atoms with van der Waals surface area (Å²) < 4.78 is 41.0. The van der Waals surface area contributed by atoms with Crippen LogP contribution in [0.3, 0.4) is 0 Å². The smallest absolute Gasteiger partial charge is 0.293 e. The van der Waals surface area contributed by atoms with Crippen molar-refractivity contribution in [2.24, 2.45) is 0 Å². The summed E-state index contributed by atoms with van der Waals surface area (Å²) >= 11 is 1.43. The van der Waals surface area contributed by atoms with Gasteiger partial charge in [0.2, 0.25) is 10.0 Å². The molecular weight excluding hydrogens is 417 g/mol. The minimum Gasteiger partial charge on any atom is -0.373 e. The van der Waals surface area contributed by atoms with E-state index in [-0.39, 0.29) is 28.1 Å². The van der Waals surface area contributed by atoms with Gasteiger partial charge in [-0.1, -0.05) is 12.1 Å². The molecule has 4 rings (SSSR count). The lowest BCUT2D eigenvalue weighted by molar-refractivity contribution is -0.384. The second-order valence-electron chi connectivity index (χ2n) is 7.04. The maximum Gasteiger partial charge on any atom is 0.293 e. The number of halogens is 1. The van der Waals surface area contributed by atoms with E-state index in [2.05, 4.69) is 5.32 Å². The van der Waals surface area contributed by atoms with Crippen molar-refractivity contribution in [3.05, 3.63) is 57.9 Å². The average Bonchev–Trinajstić information content (AvgIpc) is 3.24. The van der Waals surface area contributed by atoms with Gasteiger partial charge in [-0.05, 0) is 43.0 Å². The molecule has 0 amide bonds. The van der Waals surface area contributed by atoms with Crippen molar-refractivity contribution in [3.8, 4) is 0 Å². The lowest BCUT2D eigenvalue weighted by atomic mass is 10.0. The fourth-order valence-electron chi connectivity index (χ4n) is 3.75. The number of hydrogen-bond donors (Lipinski definition) is 1. The number of rotatable bonds is 5. The molecule has 1 saturated heterocycles. The number of nitro benzene ring substituents is 1. The van der Waals surface area contributed by atoms with Crippen molar-refractivity contribution < 1.29 is 17.7 Å². The summed E-state index contributed by atoms with van der Waals surface area (Å²) in [5.74, 6) is 0.376. The zero-order valence-corrected chi connectivity index (χ0v) is 17.1. The molecule has 0 aliphatic carbocycles. The Kier molecular flexibility index (Phi) is 5.50. The molecule has 1 atom stereocenters. The molecule has 0 aromatic heterocycles. The number of hydrogen-bond acceptors (Lipinski definition) is 6. The Morgan fingerprint density at radius 1 is 1.21 bits per heavy atom. The highest BCUT2D eigenvalue weighted by atomic mass is 32.2. The van der Waals surface area contributed by atoms with Gasteiger partial charge in [0.15, 0.2) is 0 Å². The summed E-state index contributed by atoms with van der Waals surface area (Å²) in [6.45, 7) is 0.858. The maximum absolute atomic E-state index is 14.1. The Morgan fingerprint density at radius 2 is 1.97 bits per heavy atom. The first-order chi connectivity index (χ1) is 13.9. The molecule has 10 heteroatoms. The first-order valence-electron chi connectivity index (χ1n) is 9.34. The molecule has 29 heavy (non-hydrogen) atoms. The highest BCUT2D eigenvalue weighted by Crippen LogP contribution is 2.41. The van der Waals surface area contributed by atoms with E-state index in [4.69, 9.17) is 0 Å². The van der Waals surface area contributed by atoms with Gasteiger partial charge in [-0.3, -0.25) is 10.1 Å². The first-order valence-corrected chi connectivity index (χ1v) is 11.8. The summed E-state index contributed by atoms with van der Waals surface area (Å²) in [7, 11) is -3.75. The van der Waals surface area contributed by atoms with Gasteiger partial charge in [-0.25, -0.2) is 12.8 Å². The van der Waals surface area contributed by atoms with Crippen molar-refractivity contribution in [2.75, 3.05) is 24.2 Å². The summed E-state index contributed by atoms with van der Waals surface area (Å²) in [6.07, 6.45) is 2.25. The van der Waals surface area contributed by atoms with E-state index < -0.39 is 14.9 Å². The lowest BCUT2D eigenvalue weighted by Crippen LogP contribution is -2.28. The third-order valence-corrected chi connectivity index (χ3v) is 8.28. The van der Waals surface area contributed by atoms with E-state index >= 15 is 0 Å². The van der Waals surface area contributed by atoms with Crippen molar-refractivity contribution in [2.45, 2.75) is 35.1 Å². The van der Waals surface area contributed by atoms with Crippen LogP contribution in [-0.4, -0.2) is 36.5 Å². The molecule has 0 bridgehead atoms. The molecule has 0 saturated carbocycles. The fourth-order valence-corrected chi connectivity index (χ4v) is 6.42. The van der Waals surface area contributed by atoms with Gasteiger partial charge in [-0.2, -0.15) is 4.31 Å². The van der Waals surface area contributed by atoms with E-state index in [1.165, 1.54) is 34.3 Å². The van der Waals surface area contributed by atoms with E-state index in [9.17, 15) is 22.9 Å². The van der Waals surface area contributed by atoms with Gasteiger partial charge in [0.1, 0.15) is 11.5 Å². The van der Waals surface area contributed by atoms with Crippen LogP contribution in [0.5, 0.6) is 0 Å². The van der Waals surface area contributed by atoms with Crippen LogP contribution in [-0.2, 0) is 10.0 Å². The van der Waals surface area contributed by atoms with Gasteiger partial charge < -0.3 is 5.32 Å². The molecule has 2 heterocycles. The Hall–Kier alpha value is -2.17. The molecule has 2 aromatic carbocycles. The largest absolute Gasteiger partial charge is 0.373 e. The number of benzene rings is 2. The third kappa shape index (κ3) is 3.84. The highest BCUT2D eigenvalue weighted by molar-refractivity contribution is 7.99. The van der Waals surface area contributed by atoms with Crippen LogP contribution >= 0.6 is 11.8 Å². The zero-order valence-electron chi connectivity index (χ0n) is 15.5. The van der Waals surface area contributed by atoms with Crippen LogP contribution in [0.4, 0.5) is 15.8 Å². The number of nitrogens with zero attached hydrogens (tertiary/aromatic N) is 2. The van der Waals surface area contributed by atoms with Crippen LogP contribution < -0.4 is 5.32 Å². The number of nitrogens with one attached hydrogen (secondary N) is 1. The quantitative estimate of drug-likeness (QED) is 0.558. The van der Waals surface area contributed by atoms with E-state index in [1.807, 2.05) is 0 Å². The van der Waals surface area contributed by atoms with Crippen LogP contribution in [0.15, 0.2) is 46.2 Å². The number of thioether (sulfide) groups is 1. The average molecular weight is 438 g/mol. The van der Waals surface area contributed by atoms with E-state index in [1.54, 1.807) is 12.1 Å². The van der Waals surface area contributed by atoms with E-state index in [0.29, 0.717) is 30.2 Å². The molecule has 1 N–H and O–H groups in total. The van der Waals surface area contributed by atoms with Crippen LogP contribution in [0, 0.1) is 15.9 Å². The monoisotopic (exact) mass is 437 g/mol.